The zero-order valence-corrected chi connectivity index (χ0v) is 8.21. The molecule has 1 rings (SSSR count). The van der Waals surface area contributed by atoms with E-state index in [2.05, 4.69) is 31.4 Å². The minimum atomic E-state index is -0.0550. The van der Waals surface area contributed by atoms with E-state index in [9.17, 15) is 4.79 Å². The highest BCUT2D eigenvalue weighted by Gasteiger charge is 2.00. The monoisotopic (exact) mass is 232 g/mol. The molecule has 0 fully saturated rings. The van der Waals surface area contributed by atoms with E-state index in [1.807, 2.05) is 0 Å². The van der Waals surface area contributed by atoms with Gasteiger partial charge in [-0.1, -0.05) is 15.9 Å². The second-order valence-corrected chi connectivity index (χ2v) is 2.80. The van der Waals surface area contributed by atoms with Crippen LogP contribution in [0.15, 0.2) is 6.20 Å². The molecule has 0 aromatic carbocycles. The van der Waals surface area contributed by atoms with E-state index in [0.717, 1.165) is 5.69 Å². The Bertz CT molecular complexity index is 272. The van der Waals surface area contributed by atoms with Crippen LogP contribution in [0, 0.1) is 0 Å². The van der Waals surface area contributed by atoms with E-state index in [-0.39, 0.29) is 5.91 Å². The summed E-state index contributed by atoms with van der Waals surface area (Å²) in [5, 5.41) is 10.8. The Balaban J connectivity index is 2.38. The van der Waals surface area contributed by atoms with Gasteiger partial charge < -0.3 is 5.32 Å². The van der Waals surface area contributed by atoms with Crippen molar-refractivity contribution in [1.29, 1.82) is 0 Å². The smallest absolute Gasteiger partial charge is 0.230 e. The molecule has 0 unspecified atom stereocenters. The lowest BCUT2D eigenvalue weighted by Gasteiger charge is -1.97. The summed E-state index contributed by atoms with van der Waals surface area (Å²) < 4.78 is 0. The number of hydrogen-bond donors (Lipinski definition) is 1. The average Bonchev–Trinajstić information content (AvgIpc) is 2.47. The van der Waals surface area contributed by atoms with Gasteiger partial charge in [-0.25, -0.2) is 0 Å². The summed E-state index contributed by atoms with van der Waals surface area (Å²) in [6.07, 6.45) is 1.62. The molecule has 0 saturated carbocycles. The van der Waals surface area contributed by atoms with Crippen molar-refractivity contribution in [3.8, 4) is 0 Å². The second kappa shape index (κ2) is 4.20. The highest BCUT2D eigenvalue weighted by atomic mass is 79.9. The van der Waals surface area contributed by atoms with E-state index < -0.39 is 0 Å². The standard InChI is InChI=1S/C6H9BrN4O/c1-11-9-4-5(10-11)3-8-6(12)2-7/h4H,2-3H2,1H3,(H,8,12). The van der Waals surface area contributed by atoms with Gasteiger partial charge in [0.1, 0.15) is 5.69 Å². The molecule has 0 saturated heterocycles. The van der Waals surface area contributed by atoms with Crippen molar-refractivity contribution in [1.82, 2.24) is 20.3 Å². The number of hydrogen-bond acceptors (Lipinski definition) is 3. The normalized spacial score (nSPS) is 9.83. The third kappa shape index (κ3) is 2.61. The maximum absolute atomic E-state index is 10.8. The molecule has 1 aromatic heterocycles. The van der Waals surface area contributed by atoms with E-state index in [4.69, 9.17) is 0 Å². The number of nitrogens with one attached hydrogen (secondary N) is 1. The molecule has 5 nitrogen and oxygen atoms in total. The molecule has 1 amide bonds. The molecule has 0 aliphatic rings. The van der Waals surface area contributed by atoms with Crippen molar-refractivity contribution >= 4 is 21.8 Å². The largest absolute Gasteiger partial charge is 0.350 e. The molecule has 0 radical (unpaired) electrons. The Morgan fingerprint density at radius 3 is 3.08 bits per heavy atom. The van der Waals surface area contributed by atoms with Crippen molar-refractivity contribution in [2.45, 2.75) is 6.54 Å². The van der Waals surface area contributed by atoms with Crippen LogP contribution in [0.3, 0.4) is 0 Å². The number of carbonyl (C=O) groups excluding carboxylic acids is 1. The number of halogens is 1. The molecule has 6 heteroatoms. The number of carbonyl (C=O) groups is 1. The Morgan fingerprint density at radius 2 is 2.58 bits per heavy atom. The summed E-state index contributed by atoms with van der Waals surface area (Å²) in [5.74, 6) is -0.0550. The topological polar surface area (TPSA) is 59.8 Å². The Morgan fingerprint density at radius 1 is 1.83 bits per heavy atom. The van der Waals surface area contributed by atoms with Gasteiger partial charge in [0.05, 0.1) is 18.1 Å². The van der Waals surface area contributed by atoms with E-state index in [0.29, 0.717) is 11.9 Å². The molecule has 0 spiro atoms. The van der Waals surface area contributed by atoms with Gasteiger partial charge in [0.25, 0.3) is 0 Å². The maximum atomic E-state index is 10.8. The molecule has 66 valence electrons. The summed E-state index contributed by atoms with van der Waals surface area (Å²) in [6, 6.07) is 0. The first kappa shape index (κ1) is 9.18. The van der Waals surface area contributed by atoms with Crippen molar-refractivity contribution in [3.05, 3.63) is 11.9 Å². The lowest BCUT2D eigenvalue weighted by atomic mass is 10.5. The molecular formula is C6H9BrN4O. The molecule has 0 atom stereocenters. The molecule has 0 bridgehead atoms. The number of alkyl halides is 1. The zero-order chi connectivity index (χ0) is 8.97. The van der Waals surface area contributed by atoms with Crippen molar-refractivity contribution < 1.29 is 4.79 Å². The zero-order valence-electron chi connectivity index (χ0n) is 6.62. The van der Waals surface area contributed by atoms with Gasteiger partial charge in [-0.3, -0.25) is 4.79 Å². The van der Waals surface area contributed by atoms with Crippen LogP contribution in [-0.4, -0.2) is 26.2 Å². The lowest BCUT2D eigenvalue weighted by Crippen LogP contribution is -2.23. The fourth-order valence-electron chi connectivity index (χ4n) is 0.705. The van der Waals surface area contributed by atoms with Crippen molar-refractivity contribution in [2.24, 2.45) is 7.05 Å². The van der Waals surface area contributed by atoms with Crippen LogP contribution < -0.4 is 5.32 Å². The third-order valence-corrected chi connectivity index (χ3v) is 1.74. The number of aryl methyl sites for hydroxylation is 1. The quantitative estimate of drug-likeness (QED) is 0.737. The average molecular weight is 233 g/mol. The molecule has 1 heterocycles. The van der Waals surface area contributed by atoms with Crippen LogP contribution in [0.1, 0.15) is 5.69 Å². The first-order valence-electron chi connectivity index (χ1n) is 3.40. The van der Waals surface area contributed by atoms with Gasteiger partial charge in [0, 0.05) is 7.05 Å². The SMILES string of the molecule is Cn1ncc(CNC(=O)CBr)n1. The fourth-order valence-corrected chi connectivity index (χ4v) is 0.903. The van der Waals surface area contributed by atoms with Gasteiger partial charge in [0.15, 0.2) is 0 Å². The molecule has 0 aliphatic carbocycles. The summed E-state index contributed by atoms with van der Waals surface area (Å²) in [6.45, 7) is 0.429. The minimum absolute atomic E-state index is 0.0550. The Labute approximate surface area is 78.3 Å². The van der Waals surface area contributed by atoms with Crippen LogP contribution in [0.25, 0.3) is 0 Å². The van der Waals surface area contributed by atoms with Gasteiger partial charge in [0.2, 0.25) is 5.91 Å². The van der Waals surface area contributed by atoms with E-state index in [1.54, 1.807) is 13.2 Å². The van der Waals surface area contributed by atoms with Crippen LogP contribution in [0.2, 0.25) is 0 Å². The predicted molar refractivity (Wildman–Crippen MR) is 46.6 cm³/mol. The number of rotatable bonds is 3. The minimum Gasteiger partial charge on any atom is -0.350 e. The van der Waals surface area contributed by atoms with E-state index in [1.165, 1.54) is 4.80 Å². The summed E-state index contributed by atoms with van der Waals surface area (Å²) >= 11 is 3.04. The summed E-state index contributed by atoms with van der Waals surface area (Å²) in [5.41, 5.74) is 0.756. The van der Waals surface area contributed by atoms with Gasteiger partial charge in [-0.2, -0.15) is 15.0 Å². The van der Waals surface area contributed by atoms with E-state index >= 15 is 0 Å². The maximum Gasteiger partial charge on any atom is 0.230 e. The van der Waals surface area contributed by atoms with Crippen molar-refractivity contribution in [2.75, 3.05) is 5.33 Å². The van der Waals surface area contributed by atoms with Crippen LogP contribution in [0.4, 0.5) is 0 Å². The number of nitrogens with zero attached hydrogens (tertiary/aromatic N) is 3. The first-order chi connectivity index (χ1) is 5.72. The predicted octanol–water partition coefficient (Wildman–Crippen LogP) is -0.174. The molecule has 12 heavy (non-hydrogen) atoms. The molecule has 1 aromatic rings. The highest BCUT2D eigenvalue weighted by Crippen LogP contribution is 1.89. The Hall–Kier alpha value is -0.910. The van der Waals surface area contributed by atoms with Gasteiger partial charge in [-0.05, 0) is 0 Å². The molecular weight excluding hydrogens is 224 g/mol. The molecule has 1 N–H and O–H groups in total. The second-order valence-electron chi connectivity index (χ2n) is 2.24. The van der Waals surface area contributed by atoms with Crippen LogP contribution >= 0.6 is 15.9 Å². The first-order valence-corrected chi connectivity index (χ1v) is 4.52. The van der Waals surface area contributed by atoms with Crippen LogP contribution in [-0.2, 0) is 18.4 Å². The Kier molecular flexibility index (Phi) is 3.21. The van der Waals surface area contributed by atoms with Crippen LogP contribution in [0.5, 0.6) is 0 Å². The number of aromatic nitrogens is 3. The fraction of sp³-hybridized carbons (Fsp3) is 0.500. The third-order valence-electron chi connectivity index (χ3n) is 1.24. The highest BCUT2D eigenvalue weighted by molar-refractivity contribution is 9.09. The van der Waals surface area contributed by atoms with Crippen molar-refractivity contribution in [3.63, 3.8) is 0 Å². The number of amides is 1. The summed E-state index contributed by atoms with van der Waals surface area (Å²) in [7, 11) is 1.73. The molecule has 0 aliphatic heterocycles. The van der Waals surface area contributed by atoms with Gasteiger partial charge in [-0.15, -0.1) is 0 Å². The van der Waals surface area contributed by atoms with Gasteiger partial charge >= 0.3 is 0 Å². The lowest BCUT2D eigenvalue weighted by molar-refractivity contribution is -0.118. The summed E-state index contributed by atoms with van der Waals surface area (Å²) in [4.78, 5) is 12.2.